The summed E-state index contributed by atoms with van der Waals surface area (Å²) < 4.78 is 16.6. The number of rotatable bonds is 13. The maximum absolute atomic E-state index is 10.5. The van der Waals surface area contributed by atoms with E-state index >= 15 is 0 Å². The molecule has 1 atom stereocenters. The lowest BCUT2D eigenvalue weighted by molar-refractivity contribution is 0.0194. The van der Waals surface area contributed by atoms with Crippen LogP contribution in [-0.4, -0.2) is 74.4 Å². The number of anilines is 1. The van der Waals surface area contributed by atoms with E-state index in [2.05, 4.69) is 21.5 Å². The predicted octanol–water partition coefficient (Wildman–Crippen LogP) is 2.95. The van der Waals surface area contributed by atoms with Crippen molar-refractivity contribution in [2.45, 2.75) is 25.5 Å². The number of hydrogen-bond acceptors (Lipinski definition) is 7. The molecular formula is C23H33N3O4. The van der Waals surface area contributed by atoms with E-state index in [1.807, 2.05) is 30.3 Å². The van der Waals surface area contributed by atoms with E-state index in [1.54, 1.807) is 13.2 Å². The Kier molecular flexibility index (Phi) is 8.89. The summed E-state index contributed by atoms with van der Waals surface area (Å²) in [5.41, 5.74) is 2.94. The fourth-order valence-corrected chi connectivity index (χ4v) is 3.75. The molecule has 1 aromatic heterocycles. The summed E-state index contributed by atoms with van der Waals surface area (Å²) >= 11 is 0. The van der Waals surface area contributed by atoms with Crippen molar-refractivity contribution in [2.75, 3.05) is 58.0 Å². The van der Waals surface area contributed by atoms with Crippen molar-refractivity contribution in [3.05, 3.63) is 48.6 Å². The zero-order valence-corrected chi connectivity index (χ0v) is 17.8. The van der Waals surface area contributed by atoms with Crippen LogP contribution in [0, 0.1) is 0 Å². The van der Waals surface area contributed by atoms with Crippen LogP contribution in [0.2, 0.25) is 0 Å². The molecule has 1 aliphatic rings. The maximum atomic E-state index is 10.5. The van der Waals surface area contributed by atoms with E-state index in [0.29, 0.717) is 32.8 Å². The molecule has 3 rings (SSSR count). The fourth-order valence-electron chi connectivity index (χ4n) is 3.75. The van der Waals surface area contributed by atoms with Gasteiger partial charge in [-0.3, -0.25) is 4.90 Å². The lowest BCUT2D eigenvalue weighted by Gasteiger charge is -2.26. The van der Waals surface area contributed by atoms with Gasteiger partial charge in [-0.2, -0.15) is 0 Å². The Morgan fingerprint density at radius 1 is 1.30 bits per heavy atom. The van der Waals surface area contributed by atoms with Crippen LogP contribution in [0.3, 0.4) is 0 Å². The van der Waals surface area contributed by atoms with Gasteiger partial charge in [0.15, 0.2) is 0 Å². The number of hydrogen-bond donors (Lipinski definition) is 1. The maximum Gasteiger partial charge on any atom is 0.232 e. The first kappa shape index (κ1) is 22.5. The van der Waals surface area contributed by atoms with Crippen LogP contribution >= 0.6 is 0 Å². The molecule has 0 unspecified atom stereocenters. The van der Waals surface area contributed by atoms with Gasteiger partial charge in [-0.15, -0.1) is 6.58 Å². The quantitative estimate of drug-likeness (QED) is 0.398. The van der Waals surface area contributed by atoms with Crippen molar-refractivity contribution in [3.8, 4) is 11.3 Å². The Bertz CT molecular complexity index is 759. The Labute approximate surface area is 178 Å². The number of ether oxygens (including phenoxy) is 2. The molecule has 1 aliphatic heterocycles. The second kappa shape index (κ2) is 11.9. The van der Waals surface area contributed by atoms with Crippen LogP contribution in [0.4, 0.5) is 5.88 Å². The molecule has 164 valence electrons. The van der Waals surface area contributed by atoms with Crippen LogP contribution in [0.1, 0.15) is 18.4 Å². The molecule has 1 saturated heterocycles. The predicted molar refractivity (Wildman–Crippen MR) is 118 cm³/mol. The SMILES string of the molecule is C=CCOC[C@H](O)CN(CCOC)Cc1c(-c2ccccc2)noc1N1CCCC1. The van der Waals surface area contributed by atoms with Gasteiger partial charge in [0.1, 0.15) is 5.69 Å². The zero-order chi connectivity index (χ0) is 21.2. The molecule has 1 aromatic carbocycles. The molecule has 0 amide bonds. The van der Waals surface area contributed by atoms with Gasteiger partial charge in [0.05, 0.1) is 31.5 Å². The highest BCUT2D eigenvalue weighted by Crippen LogP contribution is 2.34. The molecular weight excluding hydrogens is 382 g/mol. The lowest BCUT2D eigenvalue weighted by Crippen LogP contribution is -2.37. The average molecular weight is 416 g/mol. The smallest absolute Gasteiger partial charge is 0.232 e. The summed E-state index contributed by atoms with van der Waals surface area (Å²) in [5, 5.41) is 14.9. The standard InChI is InChI=1S/C23H33N3O4/c1-3-14-29-18-20(27)16-25(13-15-28-2)17-21-22(19-9-5-4-6-10-19)24-30-23(21)26-11-7-8-12-26/h3-6,9-10,20,27H,1,7-8,11-18H2,2H3/t20-/m1/s1. The van der Waals surface area contributed by atoms with Crippen LogP contribution in [-0.2, 0) is 16.0 Å². The van der Waals surface area contributed by atoms with Crippen molar-refractivity contribution in [1.29, 1.82) is 0 Å². The lowest BCUT2D eigenvalue weighted by atomic mass is 10.1. The molecule has 1 fully saturated rings. The molecule has 2 aromatic rings. The third-order valence-electron chi connectivity index (χ3n) is 5.22. The first-order valence-electron chi connectivity index (χ1n) is 10.6. The Morgan fingerprint density at radius 2 is 2.07 bits per heavy atom. The van der Waals surface area contributed by atoms with Gasteiger partial charge in [0.25, 0.3) is 0 Å². The number of methoxy groups -OCH3 is 1. The minimum absolute atomic E-state index is 0.268. The summed E-state index contributed by atoms with van der Waals surface area (Å²) in [5.74, 6) is 0.839. The van der Waals surface area contributed by atoms with Crippen molar-refractivity contribution in [3.63, 3.8) is 0 Å². The monoisotopic (exact) mass is 415 g/mol. The van der Waals surface area contributed by atoms with Gasteiger partial charge >= 0.3 is 0 Å². The number of nitrogens with zero attached hydrogens (tertiary/aromatic N) is 3. The molecule has 0 spiro atoms. The van der Waals surface area contributed by atoms with Gasteiger partial charge in [-0.05, 0) is 12.8 Å². The third kappa shape index (κ3) is 6.15. The highest BCUT2D eigenvalue weighted by molar-refractivity contribution is 5.68. The summed E-state index contributed by atoms with van der Waals surface area (Å²) in [6.45, 7) is 8.64. The van der Waals surface area contributed by atoms with E-state index in [-0.39, 0.29) is 6.61 Å². The Balaban J connectivity index is 1.82. The minimum atomic E-state index is -0.600. The Hall–Kier alpha value is -2.19. The molecule has 7 heteroatoms. The number of benzene rings is 1. The number of aliphatic hydroxyl groups is 1. The second-order valence-electron chi connectivity index (χ2n) is 7.58. The largest absolute Gasteiger partial charge is 0.389 e. The van der Waals surface area contributed by atoms with Crippen molar-refractivity contribution in [1.82, 2.24) is 10.1 Å². The first-order valence-corrected chi connectivity index (χ1v) is 10.6. The molecule has 0 bridgehead atoms. The zero-order valence-electron chi connectivity index (χ0n) is 17.8. The highest BCUT2D eigenvalue weighted by Gasteiger charge is 2.26. The normalized spacial score (nSPS) is 15.1. The minimum Gasteiger partial charge on any atom is -0.389 e. The fraction of sp³-hybridized carbons (Fsp3) is 0.522. The Morgan fingerprint density at radius 3 is 2.77 bits per heavy atom. The first-order chi connectivity index (χ1) is 14.7. The van der Waals surface area contributed by atoms with Crippen LogP contribution in [0.5, 0.6) is 0 Å². The third-order valence-corrected chi connectivity index (χ3v) is 5.22. The van der Waals surface area contributed by atoms with Gasteiger partial charge < -0.3 is 24.0 Å². The van der Waals surface area contributed by atoms with E-state index < -0.39 is 6.10 Å². The van der Waals surface area contributed by atoms with Crippen molar-refractivity contribution >= 4 is 5.88 Å². The second-order valence-corrected chi connectivity index (χ2v) is 7.58. The van der Waals surface area contributed by atoms with E-state index in [4.69, 9.17) is 14.0 Å². The van der Waals surface area contributed by atoms with Gasteiger partial charge in [-0.1, -0.05) is 41.6 Å². The molecule has 0 radical (unpaired) electrons. The van der Waals surface area contributed by atoms with E-state index in [0.717, 1.165) is 48.6 Å². The molecule has 2 heterocycles. The summed E-state index contributed by atoms with van der Waals surface area (Å²) in [6, 6.07) is 10.1. The molecule has 0 saturated carbocycles. The summed E-state index contributed by atoms with van der Waals surface area (Å²) in [7, 11) is 1.69. The van der Waals surface area contributed by atoms with Crippen molar-refractivity contribution in [2.24, 2.45) is 0 Å². The van der Waals surface area contributed by atoms with Crippen molar-refractivity contribution < 1.29 is 19.1 Å². The van der Waals surface area contributed by atoms with Crippen LogP contribution in [0.15, 0.2) is 47.5 Å². The molecule has 30 heavy (non-hydrogen) atoms. The van der Waals surface area contributed by atoms with Crippen LogP contribution in [0.25, 0.3) is 11.3 Å². The van der Waals surface area contributed by atoms with Gasteiger partial charge in [0, 0.05) is 45.4 Å². The molecule has 7 nitrogen and oxygen atoms in total. The van der Waals surface area contributed by atoms with E-state index in [1.165, 1.54) is 0 Å². The highest BCUT2D eigenvalue weighted by atomic mass is 16.5. The topological polar surface area (TPSA) is 71.2 Å². The summed E-state index contributed by atoms with van der Waals surface area (Å²) in [6.07, 6.45) is 3.40. The van der Waals surface area contributed by atoms with Gasteiger partial charge in [0.2, 0.25) is 5.88 Å². The number of aromatic nitrogens is 1. The summed E-state index contributed by atoms with van der Waals surface area (Å²) in [4.78, 5) is 4.44. The molecule has 0 aliphatic carbocycles. The average Bonchev–Trinajstić information content (AvgIpc) is 3.42. The number of aliphatic hydroxyl groups excluding tert-OH is 1. The van der Waals surface area contributed by atoms with Gasteiger partial charge in [-0.25, -0.2) is 0 Å². The van der Waals surface area contributed by atoms with E-state index in [9.17, 15) is 5.11 Å². The molecule has 1 N–H and O–H groups in total. The van der Waals surface area contributed by atoms with Crippen LogP contribution < -0.4 is 4.90 Å².